The van der Waals surface area contributed by atoms with Gasteiger partial charge in [0.05, 0.1) is 0 Å². The molecule has 0 bridgehead atoms. The number of ether oxygens (including phenoxy) is 1. The van der Waals surface area contributed by atoms with Gasteiger partial charge < -0.3 is 20.4 Å². The Balaban J connectivity index is 2.38. The number of amides is 2. The van der Waals surface area contributed by atoms with Crippen LogP contribution in [0.1, 0.15) is 53.4 Å². The maximum atomic E-state index is 12.2. The van der Waals surface area contributed by atoms with E-state index in [0.29, 0.717) is 18.0 Å². The first-order valence-corrected chi connectivity index (χ1v) is 8.42. The molecule has 0 fully saturated rings. The van der Waals surface area contributed by atoms with Crippen molar-refractivity contribution in [1.82, 2.24) is 15.6 Å². The molecule has 0 radical (unpaired) electrons. The molecular weight excluding hydrogens is 318 g/mol. The van der Waals surface area contributed by atoms with Gasteiger partial charge in [-0.1, -0.05) is 44.2 Å². The molecule has 1 atom stereocenters. The first kappa shape index (κ1) is 18.6. The van der Waals surface area contributed by atoms with E-state index in [0.717, 1.165) is 5.56 Å². The number of hydrogen-bond donors (Lipinski definition) is 3. The average Bonchev–Trinajstić information content (AvgIpc) is 3.04. The van der Waals surface area contributed by atoms with E-state index in [-0.39, 0.29) is 29.5 Å². The van der Waals surface area contributed by atoms with Gasteiger partial charge in [-0.15, -0.1) is 0 Å². The molecule has 0 saturated heterocycles. The minimum Gasteiger partial charge on any atom is -0.483 e. The molecule has 2 rings (SSSR count). The number of rotatable bonds is 7. The Bertz CT molecular complexity index is 723. The molecule has 6 nitrogen and oxygen atoms in total. The molecule has 0 spiro atoms. The highest BCUT2D eigenvalue weighted by Crippen LogP contribution is 2.31. The topological polar surface area (TPSA) is 83.2 Å². The average molecular weight is 343 g/mol. The van der Waals surface area contributed by atoms with Crippen LogP contribution in [-0.2, 0) is 0 Å². The summed E-state index contributed by atoms with van der Waals surface area (Å²) in [6, 6.07) is 11.4. The first-order chi connectivity index (χ1) is 12.0. The molecule has 2 amide bonds. The van der Waals surface area contributed by atoms with Crippen molar-refractivity contribution in [2.45, 2.75) is 26.9 Å². The van der Waals surface area contributed by atoms with Gasteiger partial charge in [0.15, 0.2) is 5.75 Å². The van der Waals surface area contributed by atoms with Gasteiger partial charge in [0, 0.05) is 19.7 Å². The Hall–Kier alpha value is -2.76. The Morgan fingerprint density at radius 3 is 2.40 bits per heavy atom. The van der Waals surface area contributed by atoms with Crippen LogP contribution < -0.4 is 15.4 Å². The van der Waals surface area contributed by atoms with Gasteiger partial charge >= 0.3 is 0 Å². The second-order valence-corrected chi connectivity index (χ2v) is 6.05. The van der Waals surface area contributed by atoms with Crippen LogP contribution in [-0.4, -0.2) is 30.4 Å². The smallest absolute Gasteiger partial charge is 0.271 e. The Labute approximate surface area is 148 Å². The van der Waals surface area contributed by atoms with Crippen molar-refractivity contribution in [2.24, 2.45) is 5.92 Å². The quantitative estimate of drug-likeness (QED) is 0.723. The lowest BCUT2D eigenvalue weighted by Gasteiger charge is -2.23. The van der Waals surface area contributed by atoms with Crippen molar-refractivity contribution in [2.75, 3.05) is 13.6 Å². The van der Waals surface area contributed by atoms with Crippen LogP contribution in [0.4, 0.5) is 0 Å². The molecule has 134 valence electrons. The fourth-order valence-electron chi connectivity index (χ4n) is 2.57. The number of hydrogen-bond acceptors (Lipinski definition) is 3. The molecule has 0 saturated carbocycles. The lowest BCUT2D eigenvalue weighted by molar-refractivity contribution is 0.0945. The van der Waals surface area contributed by atoms with Gasteiger partial charge in [-0.2, -0.15) is 0 Å². The Morgan fingerprint density at radius 1 is 1.16 bits per heavy atom. The van der Waals surface area contributed by atoms with Crippen molar-refractivity contribution in [1.29, 1.82) is 0 Å². The van der Waals surface area contributed by atoms with Crippen LogP contribution in [0.2, 0.25) is 0 Å². The van der Waals surface area contributed by atoms with Gasteiger partial charge in [-0.25, -0.2) is 0 Å². The number of benzene rings is 1. The summed E-state index contributed by atoms with van der Waals surface area (Å²) < 4.78 is 6.15. The number of carbonyl (C=O) groups is 2. The highest BCUT2D eigenvalue weighted by atomic mass is 16.5. The van der Waals surface area contributed by atoms with E-state index in [4.69, 9.17) is 4.74 Å². The molecule has 1 aromatic heterocycles. The predicted octanol–water partition coefficient (Wildman–Crippen LogP) is 2.90. The van der Waals surface area contributed by atoms with Crippen molar-refractivity contribution in [3.8, 4) is 5.75 Å². The molecule has 1 unspecified atom stereocenters. The molecule has 2 aromatic rings. The highest BCUT2D eigenvalue weighted by molar-refractivity contribution is 5.99. The van der Waals surface area contributed by atoms with Gasteiger partial charge in [0.25, 0.3) is 11.8 Å². The Kier molecular flexibility index (Phi) is 6.22. The summed E-state index contributed by atoms with van der Waals surface area (Å²) in [5, 5.41) is 5.28. The molecule has 1 aromatic carbocycles. The van der Waals surface area contributed by atoms with E-state index in [1.54, 1.807) is 6.07 Å². The minimum atomic E-state index is -0.332. The van der Waals surface area contributed by atoms with Gasteiger partial charge in [-0.3, -0.25) is 9.59 Å². The number of nitrogens with one attached hydrogen (secondary N) is 3. The third-order valence-electron chi connectivity index (χ3n) is 3.81. The molecule has 0 aliphatic rings. The number of aromatic amines is 1. The zero-order valence-electron chi connectivity index (χ0n) is 15.1. The monoisotopic (exact) mass is 343 g/mol. The van der Waals surface area contributed by atoms with E-state index in [9.17, 15) is 9.59 Å². The van der Waals surface area contributed by atoms with Crippen LogP contribution in [0.3, 0.4) is 0 Å². The van der Waals surface area contributed by atoms with Crippen molar-refractivity contribution >= 4 is 11.8 Å². The molecule has 0 aliphatic heterocycles. The lowest BCUT2D eigenvalue weighted by Crippen LogP contribution is -2.24. The van der Waals surface area contributed by atoms with E-state index in [1.165, 1.54) is 7.05 Å². The summed E-state index contributed by atoms with van der Waals surface area (Å²) in [6.45, 7) is 6.44. The van der Waals surface area contributed by atoms with E-state index in [2.05, 4.69) is 29.5 Å². The standard InChI is InChI=1S/C19H25N3O3/c1-5-21-18(23)14-11-15(16(22-14)19(24)20-4)25-17(12(2)3)13-9-7-6-8-10-13/h6-12,17,22H,5H2,1-4H3,(H,20,24)(H,21,23). The van der Waals surface area contributed by atoms with E-state index >= 15 is 0 Å². The number of aromatic nitrogens is 1. The van der Waals surface area contributed by atoms with Crippen molar-refractivity contribution in [3.05, 3.63) is 53.3 Å². The van der Waals surface area contributed by atoms with Crippen LogP contribution >= 0.6 is 0 Å². The second-order valence-electron chi connectivity index (χ2n) is 6.05. The van der Waals surface area contributed by atoms with Crippen LogP contribution in [0, 0.1) is 5.92 Å². The maximum Gasteiger partial charge on any atom is 0.271 e. The third kappa shape index (κ3) is 4.41. The minimum absolute atomic E-state index is 0.183. The summed E-state index contributed by atoms with van der Waals surface area (Å²) in [4.78, 5) is 27.1. The predicted molar refractivity (Wildman–Crippen MR) is 96.8 cm³/mol. The molecule has 3 N–H and O–H groups in total. The fraction of sp³-hybridized carbons (Fsp3) is 0.368. The van der Waals surface area contributed by atoms with Crippen molar-refractivity contribution < 1.29 is 14.3 Å². The second kappa shape index (κ2) is 8.37. The largest absolute Gasteiger partial charge is 0.483 e. The summed E-state index contributed by atoms with van der Waals surface area (Å²) in [7, 11) is 1.54. The molecule has 1 heterocycles. The number of carbonyl (C=O) groups excluding carboxylic acids is 2. The van der Waals surface area contributed by atoms with Gasteiger partial charge in [-0.05, 0) is 18.4 Å². The zero-order chi connectivity index (χ0) is 18.4. The summed E-state index contributed by atoms with van der Waals surface area (Å²) in [5.41, 5.74) is 1.55. The van der Waals surface area contributed by atoms with Crippen LogP contribution in [0.25, 0.3) is 0 Å². The zero-order valence-corrected chi connectivity index (χ0v) is 15.1. The molecule has 25 heavy (non-hydrogen) atoms. The summed E-state index contributed by atoms with van der Waals surface area (Å²) >= 11 is 0. The fourth-order valence-corrected chi connectivity index (χ4v) is 2.57. The van der Waals surface area contributed by atoms with Gasteiger partial charge in [0.1, 0.15) is 17.5 Å². The molecular formula is C19H25N3O3. The highest BCUT2D eigenvalue weighted by Gasteiger charge is 2.24. The molecule has 6 heteroatoms. The normalized spacial score (nSPS) is 11.9. The third-order valence-corrected chi connectivity index (χ3v) is 3.81. The SMILES string of the molecule is CCNC(=O)c1cc(OC(c2ccccc2)C(C)C)c(C(=O)NC)[nH]1. The van der Waals surface area contributed by atoms with E-state index in [1.807, 2.05) is 37.3 Å². The van der Waals surface area contributed by atoms with Gasteiger partial charge in [0.2, 0.25) is 0 Å². The van der Waals surface area contributed by atoms with Crippen LogP contribution in [0.15, 0.2) is 36.4 Å². The van der Waals surface area contributed by atoms with Crippen molar-refractivity contribution in [3.63, 3.8) is 0 Å². The Morgan fingerprint density at radius 2 is 1.84 bits per heavy atom. The number of H-pyrrole nitrogens is 1. The summed E-state index contributed by atoms with van der Waals surface area (Å²) in [5.74, 6) is -0.0599. The maximum absolute atomic E-state index is 12.2. The van der Waals surface area contributed by atoms with E-state index < -0.39 is 0 Å². The first-order valence-electron chi connectivity index (χ1n) is 8.42. The summed E-state index contributed by atoms with van der Waals surface area (Å²) in [6.07, 6.45) is -0.234. The molecule has 0 aliphatic carbocycles. The lowest BCUT2D eigenvalue weighted by atomic mass is 9.99. The van der Waals surface area contributed by atoms with Crippen LogP contribution in [0.5, 0.6) is 5.75 Å².